The molecule has 0 aliphatic heterocycles. The molecule has 2 nitrogen and oxygen atoms in total. The van der Waals surface area contributed by atoms with Gasteiger partial charge in [-0.05, 0) is 147 Å². The van der Waals surface area contributed by atoms with Crippen molar-refractivity contribution < 1.29 is 0 Å². The van der Waals surface area contributed by atoms with Gasteiger partial charge in [-0.15, -0.1) is 0 Å². The van der Waals surface area contributed by atoms with Gasteiger partial charge in [0.25, 0.3) is 0 Å². The van der Waals surface area contributed by atoms with Crippen LogP contribution < -0.4 is 9.80 Å². The first-order valence-corrected chi connectivity index (χ1v) is 24.2. The normalized spacial score (nSPS) is 15.3. The molecule has 0 bridgehead atoms. The van der Waals surface area contributed by atoms with Gasteiger partial charge in [0.05, 0.1) is 0 Å². The molecular weight excluding hydrogens is 833 g/mol. The lowest BCUT2D eigenvalue weighted by Crippen LogP contribution is -2.25. The molecule has 11 rings (SSSR count). The second-order valence-corrected chi connectivity index (χ2v) is 18.2. The van der Waals surface area contributed by atoms with Gasteiger partial charge in [0, 0.05) is 39.5 Å². The number of nitrogens with zero attached hydrogens (tertiary/aromatic N) is 2. The van der Waals surface area contributed by atoms with Crippen molar-refractivity contribution >= 4 is 34.0 Å². The molecule has 2 aliphatic rings. The van der Waals surface area contributed by atoms with Gasteiger partial charge in [0.2, 0.25) is 0 Å². The highest BCUT2D eigenvalue weighted by atomic mass is 15.1. The van der Waals surface area contributed by atoms with Gasteiger partial charge in [-0.1, -0.05) is 213 Å². The number of anilines is 5. The molecule has 0 heterocycles. The van der Waals surface area contributed by atoms with Crippen LogP contribution in [0.1, 0.15) is 37.3 Å². The third kappa shape index (κ3) is 8.93. The smallest absolute Gasteiger partial charge is 0.0468 e. The molecule has 0 spiro atoms. The fourth-order valence-corrected chi connectivity index (χ4v) is 10.1. The standard InChI is InChI=1S/C67H54N2/c1-67(46-44-58(45-47-67)69(56-32-18-7-19-33-56)60-41-43-62(51-24-10-3-11-25-51)65(49-60)53-28-14-5-15-29-53)66-35-21-20-34-63(66)54-36-38-57(39-37-54)68(55-30-16-6-17-31-55)59-40-42-61(50-22-8-2-9-23-50)64(48-59)52-26-12-4-13-27-52/h3-8,10-46,48-49H,2,9,47H2,1H3. The Morgan fingerprint density at radius 3 is 1.38 bits per heavy atom. The summed E-state index contributed by atoms with van der Waals surface area (Å²) in [5.41, 5.74) is 20.1. The average molecular weight is 887 g/mol. The van der Waals surface area contributed by atoms with Crippen molar-refractivity contribution in [2.24, 2.45) is 0 Å². The van der Waals surface area contributed by atoms with E-state index in [2.05, 4.69) is 290 Å². The Morgan fingerprint density at radius 2 is 0.812 bits per heavy atom. The number of hydrogen-bond acceptors (Lipinski definition) is 2. The first-order valence-electron chi connectivity index (χ1n) is 24.2. The van der Waals surface area contributed by atoms with Gasteiger partial charge in [-0.25, -0.2) is 0 Å². The second kappa shape index (κ2) is 19.4. The van der Waals surface area contributed by atoms with Crippen LogP contribution in [-0.2, 0) is 5.41 Å². The number of hydrogen-bond donors (Lipinski definition) is 0. The lowest BCUT2D eigenvalue weighted by atomic mass is 9.74. The number of allylic oxidation sites excluding steroid dienone is 7. The zero-order valence-corrected chi connectivity index (χ0v) is 39.0. The van der Waals surface area contributed by atoms with E-state index in [-0.39, 0.29) is 5.41 Å². The largest absolute Gasteiger partial charge is 0.311 e. The van der Waals surface area contributed by atoms with Crippen LogP contribution in [0.4, 0.5) is 28.4 Å². The maximum atomic E-state index is 2.42. The van der Waals surface area contributed by atoms with Crippen molar-refractivity contribution in [1.29, 1.82) is 0 Å². The summed E-state index contributed by atoms with van der Waals surface area (Å²) in [6, 6.07) is 85.7. The Kier molecular flexibility index (Phi) is 12.1. The molecule has 0 radical (unpaired) electrons. The molecule has 332 valence electrons. The van der Waals surface area contributed by atoms with Crippen molar-refractivity contribution in [2.45, 2.75) is 31.6 Å². The fourth-order valence-electron chi connectivity index (χ4n) is 10.1. The summed E-state index contributed by atoms with van der Waals surface area (Å²) >= 11 is 0. The van der Waals surface area contributed by atoms with Gasteiger partial charge in [0.1, 0.15) is 0 Å². The SMILES string of the molecule is CC1(c2ccccc2-c2ccc(N(c3ccccc3)c3ccc(C4=CCCC=C4)c(-c4ccccc4)c3)cc2)C=CC(N(c2ccccc2)c2ccc(-c3ccccc3)c(-c3ccccc3)c2)=CC1. The van der Waals surface area contributed by atoms with Crippen molar-refractivity contribution in [3.05, 3.63) is 290 Å². The minimum absolute atomic E-state index is 0.234. The highest BCUT2D eigenvalue weighted by Gasteiger charge is 2.30. The van der Waals surface area contributed by atoms with E-state index in [0.29, 0.717) is 0 Å². The quantitative estimate of drug-likeness (QED) is 0.121. The maximum Gasteiger partial charge on any atom is 0.0468 e. The zero-order chi connectivity index (χ0) is 46.4. The van der Waals surface area contributed by atoms with Gasteiger partial charge in [-0.3, -0.25) is 0 Å². The van der Waals surface area contributed by atoms with Gasteiger partial charge in [-0.2, -0.15) is 0 Å². The molecule has 0 saturated heterocycles. The Morgan fingerprint density at radius 1 is 0.348 bits per heavy atom. The van der Waals surface area contributed by atoms with Crippen molar-refractivity contribution in [1.82, 2.24) is 0 Å². The van der Waals surface area contributed by atoms with E-state index < -0.39 is 0 Å². The van der Waals surface area contributed by atoms with Crippen LogP contribution in [0.3, 0.4) is 0 Å². The third-order valence-corrected chi connectivity index (χ3v) is 13.7. The van der Waals surface area contributed by atoms with Crippen molar-refractivity contribution in [2.75, 3.05) is 9.80 Å². The van der Waals surface area contributed by atoms with Crippen LogP contribution in [0, 0.1) is 0 Å². The van der Waals surface area contributed by atoms with Crippen molar-refractivity contribution in [3.8, 4) is 44.5 Å². The van der Waals surface area contributed by atoms with Crippen LogP contribution in [0.25, 0.3) is 50.1 Å². The molecular formula is C67H54N2. The Labute approximate surface area is 407 Å². The summed E-state index contributed by atoms with van der Waals surface area (Å²) in [5, 5.41) is 0. The molecule has 9 aromatic rings. The Balaban J connectivity index is 0.926. The lowest BCUT2D eigenvalue weighted by Gasteiger charge is -2.34. The van der Waals surface area contributed by atoms with E-state index in [1.165, 1.54) is 61.2 Å². The molecule has 0 N–H and O–H groups in total. The van der Waals surface area contributed by atoms with E-state index in [0.717, 1.165) is 53.4 Å². The second-order valence-electron chi connectivity index (χ2n) is 18.2. The molecule has 9 aromatic carbocycles. The summed E-state index contributed by atoms with van der Waals surface area (Å²) in [6.07, 6.45) is 17.1. The average Bonchev–Trinajstić information content (AvgIpc) is 3.43. The molecule has 1 unspecified atom stereocenters. The van der Waals surface area contributed by atoms with Gasteiger partial charge >= 0.3 is 0 Å². The summed E-state index contributed by atoms with van der Waals surface area (Å²) in [4.78, 5) is 4.78. The highest BCUT2D eigenvalue weighted by Crippen LogP contribution is 2.45. The molecule has 0 fully saturated rings. The van der Waals surface area contributed by atoms with Crippen LogP contribution in [-0.4, -0.2) is 0 Å². The van der Waals surface area contributed by atoms with Crippen LogP contribution in [0.5, 0.6) is 0 Å². The summed E-state index contributed by atoms with van der Waals surface area (Å²) in [5.74, 6) is 0. The minimum Gasteiger partial charge on any atom is -0.311 e. The molecule has 0 aromatic heterocycles. The van der Waals surface area contributed by atoms with E-state index in [1.807, 2.05) is 0 Å². The van der Waals surface area contributed by atoms with Crippen LogP contribution in [0.2, 0.25) is 0 Å². The van der Waals surface area contributed by atoms with Crippen molar-refractivity contribution in [3.63, 3.8) is 0 Å². The lowest BCUT2D eigenvalue weighted by molar-refractivity contribution is 0.597. The summed E-state index contributed by atoms with van der Waals surface area (Å²) in [6.45, 7) is 2.38. The zero-order valence-electron chi connectivity index (χ0n) is 39.0. The molecule has 0 saturated carbocycles. The Bertz CT molecular complexity index is 3330. The fraction of sp³-hybridized carbons (Fsp3) is 0.0746. The van der Waals surface area contributed by atoms with E-state index >= 15 is 0 Å². The Hall–Kier alpha value is -8.46. The molecule has 2 aliphatic carbocycles. The van der Waals surface area contributed by atoms with Crippen LogP contribution >= 0.6 is 0 Å². The molecule has 69 heavy (non-hydrogen) atoms. The number of para-hydroxylation sites is 2. The monoisotopic (exact) mass is 886 g/mol. The third-order valence-electron chi connectivity index (χ3n) is 13.7. The minimum atomic E-state index is -0.234. The van der Waals surface area contributed by atoms with Crippen LogP contribution in [0.15, 0.2) is 279 Å². The highest BCUT2D eigenvalue weighted by molar-refractivity contribution is 5.91. The maximum absolute atomic E-state index is 2.42. The summed E-state index contributed by atoms with van der Waals surface area (Å²) < 4.78 is 0. The van der Waals surface area contributed by atoms with E-state index in [4.69, 9.17) is 0 Å². The first kappa shape index (κ1) is 43.1. The molecule has 2 heteroatoms. The predicted octanol–water partition coefficient (Wildman–Crippen LogP) is 18.5. The van der Waals surface area contributed by atoms with E-state index in [1.54, 1.807) is 0 Å². The van der Waals surface area contributed by atoms with Gasteiger partial charge in [0.15, 0.2) is 0 Å². The number of rotatable bonds is 12. The topological polar surface area (TPSA) is 6.48 Å². The molecule has 0 amide bonds. The summed E-state index contributed by atoms with van der Waals surface area (Å²) in [7, 11) is 0. The molecule has 1 atom stereocenters. The first-order chi connectivity index (χ1) is 34.1. The number of benzene rings is 9. The van der Waals surface area contributed by atoms with E-state index in [9.17, 15) is 0 Å². The van der Waals surface area contributed by atoms with Gasteiger partial charge < -0.3 is 9.80 Å². The predicted molar refractivity (Wildman–Crippen MR) is 293 cm³/mol.